The molecule has 94 valence electrons. The zero-order valence-corrected chi connectivity index (χ0v) is 10.2. The van der Waals surface area contributed by atoms with Crippen LogP contribution in [0, 0.1) is 5.82 Å². The van der Waals surface area contributed by atoms with Crippen molar-refractivity contribution in [2.45, 2.75) is 0 Å². The average molecular weight is 269 g/mol. The summed E-state index contributed by atoms with van der Waals surface area (Å²) >= 11 is 5.72. The predicted octanol–water partition coefficient (Wildman–Crippen LogP) is 2.05. The number of amides is 1. The Morgan fingerprint density at radius 3 is 2.89 bits per heavy atom. The molecule has 1 amide bonds. The third kappa shape index (κ3) is 2.43. The highest BCUT2D eigenvalue weighted by atomic mass is 35.5. The summed E-state index contributed by atoms with van der Waals surface area (Å²) in [4.78, 5) is 11.8. The number of rotatable bonds is 2. The van der Waals surface area contributed by atoms with E-state index in [0.717, 1.165) is 0 Å². The molecular weight excluding hydrogens is 259 g/mol. The minimum Gasteiger partial charge on any atom is -0.396 e. The van der Waals surface area contributed by atoms with Crippen molar-refractivity contribution in [1.29, 1.82) is 0 Å². The van der Waals surface area contributed by atoms with E-state index in [-0.39, 0.29) is 17.1 Å². The summed E-state index contributed by atoms with van der Waals surface area (Å²) in [5.74, 6) is -1.17. The quantitative estimate of drug-likeness (QED) is 0.875. The van der Waals surface area contributed by atoms with Crippen LogP contribution in [-0.4, -0.2) is 15.7 Å². The van der Waals surface area contributed by atoms with Gasteiger partial charge in [0.1, 0.15) is 5.82 Å². The lowest BCUT2D eigenvalue weighted by molar-refractivity contribution is 0.102. The first-order chi connectivity index (χ1) is 8.47. The molecule has 7 heteroatoms. The van der Waals surface area contributed by atoms with Crippen molar-refractivity contribution in [2.75, 3.05) is 11.1 Å². The lowest BCUT2D eigenvalue weighted by atomic mass is 10.3. The number of nitrogens with two attached hydrogens (primary N) is 1. The smallest absolute Gasteiger partial charge is 0.278 e. The molecule has 0 fully saturated rings. The maximum absolute atomic E-state index is 13.4. The third-order valence-corrected chi connectivity index (χ3v) is 2.48. The van der Waals surface area contributed by atoms with Crippen LogP contribution in [0.15, 0.2) is 24.4 Å². The highest BCUT2D eigenvalue weighted by Gasteiger charge is 2.15. The highest BCUT2D eigenvalue weighted by Crippen LogP contribution is 2.20. The predicted molar refractivity (Wildman–Crippen MR) is 67.0 cm³/mol. The van der Waals surface area contributed by atoms with Crippen LogP contribution in [0.1, 0.15) is 10.5 Å². The number of anilines is 2. The largest absolute Gasteiger partial charge is 0.396 e. The molecule has 0 bridgehead atoms. The lowest BCUT2D eigenvalue weighted by Gasteiger charge is -2.05. The minimum absolute atomic E-state index is 0.0162. The van der Waals surface area contributed by atoms with Gasteiger partial charge in [0.15, 0.2) is 5.69 Å². The monoisotopic (exact) mass is 268 g/mol. The topological polar surface area (TPSA) is 72.9 Å². The Hall–Kier alpha value is -2.08. The molecule has 0 aliphatic carbocycles. The first-order valence-electron chi connectivity index (χ1n) is 5.03. The molecule has 0 saturated heterocycles. The van der Waals surface area contributed by atoms with Gasteiger partial charge in [-0.25, -0.2) is 4.39 Å². The summed E-state index contributed by atoms with van der Waals surface area (Å²) in [7, 11) is 1.63. The summed E-state index contributed by atoms with van der Waals surface area (Å²) in [5.41, 5.74) is 5.84. The molecule has 1 aromatic carbocycles. The van der Waals surface area contributed by atoms with E-state index < -0.39 is 11.7 Å². The molecule has 0 atom stereocenters. The summed E-state index contributed by atoms with van der Waals surface area (Å²) < 4.78 is 14.8. The Balaban J connectivity index is 2.26. The van der Waals surface area contributed by atoms with Crippen LogP contribution in [0.4, 0.5) is 15.8 Å². The molecule has 0 aliphatic heterocycles. The molecule has 0 radical (unpaired) electrons. The second-order valence-electron chi connectivity index (χ2n) is 3.69. The second kappa shape index (κ2) is 4.66. The molecule has 2 rings (SSSR count). The standard InChI is InChI=1S/C11H10ClFN4O/c1-17-5-8(14)10(16-17)11(18)15-9-4-6(12)2-3-7(9)13/h2-5H,14H2,1H3,(H,15,18). The maximum atomic E-state index is 13.4. The molecule has 0 saturated carbocycles. The number of halogens is 2. The Labute approximate surface area is 107 Å². The number of hydrogen-bond donors (Lipinski definition) is 2. The number of nitrogens with one attached hydrogen (secondary N) is 1. The molecule has 1 aromatic heterocycles. The van der Waals surface area contributed by atoms with Gasteiger partial charge >= 0.3 is 0 Å². The Bertz CT molecular complexity index is 611. The highest BCUT2D eigenvalue weighted by molar-refractivity contribution is 6.31. The van der Waals surface area contributed by atoms with Gasteiger partial charge in [-0.2, -0.15) is 5.10 Å². The van der Waals surface area contributed by atoms with Gasteiger partial charge in [-0.15, -0.1) is 0 Å². The van der Waals surface area contributed by atoms with E-state index in [1.165, 1.54) is 29.1 Å². The summed E-state index contributed by atoms with van der Waals surface area (Å²) in [6.45, 7) is 0. The fourth-order valence-electron chi connectivity index (χ4n) is 1.46. The SMILES string of the molecule is Cn1cc(N)c(C(=O)Nc2cc(Cl)ccc2F)n1. The Kier molecular flexibility index (Phi) is 3.20. The number of benzene rings is 1. The van der Waals surface area contributed by atoms with Gasteiger partial charge in [0.2, 0.25) is 0 Å². The second-order valence-corrected chi connectivity index (χ2v) is 4.12. The van der Waals surface area contributed by atoms with Crippen molar-refractivity contribution in [2.24, 2.45) is 7.05 Å². The molecule has 0 spiro atoms. The molecule has 0 aliphatic rings. The molecule has 3 N–H and O–H groups in total. The Morgan fingerprint density at radius 1 is 1.56 bits per heavy atom. The lowest BCUT2D eigenvalue weighted by Crippen LogP contribution is -2.15. The van der Waals surface area contributed by atoms with Crippen molar-refractivity contribution in [3.63, 3.8) is 0 Å². The normalized spacial score (nSPS) is 10.4. The van der Waals surface area contributed by atoms with E-state index in [0.29, 0.717) is 5.02 Å². The van der Waals surface area contributed by atoms with Crippen LogP contribution in [0.5, 0.6) is 0 Å². The van der Waals surface area contributed by atoms with Crippen molar-refractivity contribution in [1.82, 2.24) is 9.78 Å². The van der Waals surface area contributed by atoms with Gasteiger partial charge in [0.25, 0.3) is 5.91 Å². The zero-order valence-electron chi connectivity index (χ0n) is 9.45. The van der Waals surface area contributed by atoms with E-state index in [4.69, 9.17) is 17.3 Å². The van der Waals surface area contributed by atoms with E-state index >= 15 is 0 Å². The van der Waals surface area contributed by atoms with E-state index in [1.807, 2.05) is 0 Å². The number of aromatic nitrogens is 2. The first kappa shape index (κ1) is 12.4. The van der Waals surface area contributed by atoms with Gasteiger partial charge < -0.3 is 11.1 Å². The number of nitrogens with zero attached hydrogens (tertiary/aromatic N) is 2. The van der Waals surface area contributed by atoms with Crippen molar-refractivity contribution in [3.05, 3.63) is 40.9 Å². The molecule has 1 heterocycles. The van der Waals surface area contributed by atoms with Gasteiger partial charge in [-0.1, -0.05) is 11.6 Å². The van der Waals surface area contributed by atoms with E-state index in [1.54, 1.807) is 7.05 Å². The van der Waals surface area contributed by atoms with E-state index in [2.05, 4.69) is 10.4 Å². The summed E-state index contributed by atoms with van der Waals surface area (Å²) in [6, 6.07) is 3.87. The number of aryl methyl sites for hydroxylation is 1. The summed E-state index contributed by atoms with van der Waals surface area (Å²) in [6.07, 6.45) is 1.49. The number of carbonyl (C=O) groups excluding carboxylic acids is 1. The van der Waals surface area contributed by atoms with Crippen LogP contribution in [0.2, 0.25) is 5.02 Å². The third-order valence-electron chi connectivity index (χ3n) is 2.25. The molecule has 18 heavy (non-hydrogen) atoms. The summed E-state index contributed by atoms with van der Waals surface area (Å²) in [5, 5.41) is 6.57. The van der Waals surface area contributed by atoms with E-state index in [9.17, 15) is 9.18 Å². The van der Waals surface area contributed by atoms with Crippen LogP contribution in [0.25, 0.3) is 0 Å². The molecular formula is C11H10ClFN4O. The van der Waals surface area contributed by atoms with Crippen LogP contribution < -0.4 is 11.1 Å². The van der Waals surface area contributed by atoms with Gasteiger partial charge in [-0.05, 0) is 18.2 Å². The number of nitrogen functional groups attached to an aromatic ring is 1. The number of carbonyl (C=O) groups is 1. The average Bonchev–Trinajstić information content (AvgIpc) is 2.63. The maximum Gasteiger partial charge on any atom is 0.278 e. The van der Waals surface area contributed by atoms with Gasteiger partial charge in [0.05, 0.1) is 11.4 Å². The fourth-order valence-corrected chi connectivity index (χ4v) is 1.63. The first-order valence-corrected chi connectivity index (χ1v) is 5.40. The molecule has 5 nitrogen and oxygen atoms in total. The van der Waals surface area contributed by atoms with Crippen molar-refractivity contribution >= 4 is 28.9 Å². The van der Waals surface area contributed by atoms with Crippen LogP contribution >= 0.6 is 11.6 Å². The minimum atomic E-state index is -0.589. The number of hydrogen-bond acceptors (Lipinski definition) is 3. The zero-order chi connectivity index (χ0) is 13.3. The fraction of sp³-hybridized carbons (Fsp3) is 0.0909. The van der Waals surface area contributed by atoms with Crippen molar-refractivity contribution in [3.8, 4) is 0 Å². The van der Waals surface area contributed by atoms with Gasteiger partial charge in [0, 0.05) is 18.3 Å². The molecule has 2 aromatic rings. The van der Waals surface area contributed by atoms with Gasteiger partial charge in [-0.3, -0.25) is 9.48 Å². The van der Waals surface area contributed by atoms with Crippen LogP contribution in [-0.2, 0) is 7.05 Å². The Morgan fingerprint density at radius 2 is 2.28 bits per heavy atom. The molecule has 0 unspecified atom stereocenters. The van der Waals surface area contributed by atoms with Crippen molar-refractivity contribution < 1.29 is 9.18 Å². The van der Waals surface area contributed by atoms with Crippen LogP contribution in [0.3, 0.4) is 0 Å².